The van der Waals surface area contributed by atoms with Crippen LogP contribution in [0.4, 0.5) is 14.5 Å². The van der Waals surface area contributed by atoms with Gasteiger partial charge in [-0.15, -0.1) is 0 Å². The van der Waals surface area contributed by atoms with E-state index in [2.05, 4.69) is 5.32 Å². The number of rotatable bonds is 6. The first-order chi connectivity index (χ1) is 12.8. The number of carbonyl (C=O) groups excluding carboxylic acids is 2. The van der Waals surface area contributed by atoms with E-state index in [-0.39, 0.29) is 19.0 Å². The Morgan fingerprint density at radius 1 is 1.11 bits per heavy atom. The number of hydrogen-bond acceptors (Lipinski definition) is 2. The van der Waals surface area contributed by atoms with Crippen LogP contribution in [0.25, 0.3) is 6.08 Å². The van der Waals surface area contributed by atoms with Gasteiger partial charge >= 0.3 is 0 Å². The lowest BCUT2D eigenvalue weighted by Crippen LogP contribution is -2.37. The molecule has 2 aromatic carbocycles. The molecule has 2 rings (SSSR count). The molecule has 0 fully saturated rings. The minimum atomic E-state index is -0.868. The maximum Gasteiger partial charge on any atom is 0.247 e. The van der Waals surface area contributed by atoms with Gasteiger partial charge in [-0.25, -0.2) is 8.78 Å². The second kappa shape index (κ2) is 9.07. The van der Waals surface area contributed by atoms with Crippen LogP contribution < -0.4 is 5.32 Å². The van der Waals surface area contributed by atoms with Gasteiger partial charge in [0.1, 0.15) is 23.9 Å². The van der Waals surface area contributed by atoms with E-state index >= 15 is 0 Å². The molecule has 142 valence electrons. The Hall–Kier alpha value is -3.02. The molecule has 27 heavy (non-hydrogen) atoms. The molecule has 0 unspecified atom stereocenters. The highest BCUT2D eigenvalue weighted by Crippen LogP contribution is 2.18. The minimum absolute atomic E-state index is 0.281. The van der Waals surface area contributed by atoms with Crippen molar-refractivity contribution in [1.82, 2.24) is 4.90 Å². The second-order valence-electron chi connectivity index (χ2n) is 6.19. The molecule has 0 saturated heterocycles. The molecule has 6 heteroatoms. The third kappa shape index (κ3) is 5.48. The maximum atomic E-state index is 13.6. The van der Waals surface area contributed by atoms with E-state index in [1.54, 1.807) is 13.0 Å². The van der Waals surface area contributed by atoms with Crippen LogP contribution >= 0.6 is 0 Å². The summed E-state index contributed by atoms with van der Waals surface area (Å²) in [6.45, 7) is 5.63. The standard InChI is InChI=1S/C21H22F2N2O2/c1-4-25(13-19(26)24-21-17(22)6-5-7-18(21)23)20(27)11-10-16-9-8-14(2)12-15(16)3/h5-12H,4,13H2,1-3H3,(H,24,26)/b11-10+. The van der Waals surface area contributed by atoms with Crippen molar-refractivity contribution in [2.45, 2.75) is 20.8 Å². The predicted octanol–water partition coefficient (Wildman–Crippen LogP) is 4.08. The molecule has 0 atom stereocenters. The average Bonchev–Trinajstić information content (AvgIpc) is 2.62. The van der Waals surface area contributed by atoms with Crippen molar-refractivity contribution < 1.29 is 18.4 Å². The van der Waals surface area contributed by atoms with Crippen molar-refractivity contribution in [1.29, 1.82) is 0 Å². The van der Waals surface area contributed by atoms with Crippen LogP contribution in [-0.4, -0.2) is 29.8 Å². The SMILES string of the molecule is CCN(CC(=O)Nc1c(F)cccc1F)C(=O)/C=C/c1ccc(C)cc1C. The van der Waals surface area contributed by atoms with E-state index < -0.39 is 23.2 Å². The zero-order valence-corrected chi connectivity index (χ0v) is 15.6. The summed E-state index contributed by atoms with van der Waals surface area (Å²) in [5, 5.41) is 2.18. The molecule has 0 aliphatic rings. The van der Waals surface area contributed by atoms with Crippen molar-refractivity contribution in [3.05, 3.63) is 70.8 Å². The first-order valence-electron chi connectivity index (χ1n) is 8.60. The molecular formula is C21H22F2N2O2. The largest absolute Gasteiger partial charge is 0.330 e. The Morgan fingerprint density at radius 3 is 2.37 bits per heavy atom. The Labute approximate surface area is 157 Å². The minimum Gasteiger partial charge on any atom is -0.330 e. The highest BCUT2D eigenvalue weighted by atomic mass is 19.1. The van der Waals surface area contributed by atoms with Crippen molar-refractivity contribution >= 4 is 23.6 Å². The van der Waals surface area contributed by atoms with E-state index in [0.717, 1.165) is 28.8 Å². The fourth-order valence-corrected chi connectivity index (χ4v) is 2.59. The van der Waals surface area contributed by atoms with Gasteiger partial charge in [0, 0.05) is 12.6 Å². The Kier molecular flexibility index (Phi) is 6.82. The normalized spacial score (nSPS) is 10.9. The summed E-state index contributed by atoms with van der Waals surface area (Å²) >= 11 is 0. The molecule has 0 spiro atoms. The van der Waals surface area contributed by atoms with Gasteiger partial charge in [-0.2, -0.15) is 0 Å². The van der Waals surface area contributed by atoms with E-state index in [4.69, 9.17) is 0 Å². The fraction of sp³-hybridized carbons (Fsp3) is 0.238. The zero-order chi connectivity index (χ0) is 20.0. The van der Waals surface area contributed by atoms with E-state index in [1.165, 1.54) is 17.0 Å². The van der Waals surface area contributed by atoms with Crippen molar-refractivity contribution in [2.75, 3.05) is 18.4 Å². The number of para-hydroxylation sites is 1. The number of anilines is 1. The molecule has 1 N–H and O–H groups in total. The number of nitrogens with one attached hydrogen (secondary N) is 1. The van der Waals surface area contributed by atoms with Crippen LogP contribution in [-0.2, 0) is 9.59 Å². The number of carbonyl (C=O) groups is 2. The highest BCUT2D eigenvalue weighted by Gasteiger charge is 2.16. The lowest BCUT2D eigenvalue weighted by Gasteiger charge is -2.19. The van der Waals surface area contributed by atoms with Crippen molar-refractivity contribution in [2.24, 2.45) is 0 Å². The van der Waals surface area contributed by atoms with Gasteiger partial charge in [-0.1, -0.05) is 29.8 Å². The number of nitrogens with zero attached hydrogens (tertiary/aromatic N) is 1. The van der Waals surface area contributed by atoms with Crippen molar-refractivity contribution in [3.63, 3.8) is 0 Å². The Morgan fingerprint density at radius 2 is 1.78 bits per heavy atom. The smallest absolute Gasteiger partial charge is 0.247 e. The Bertz CT molecular complexity index is 858. The van der Waals surface area contributed by atoms with Crippen LogP contribution in [0.1, 0.15) is 23.6 Å². The summed E-state index contributed by atoms with van der Waals surface area (Å²) in [7, 11) is 0. The first kappa shape index (κ1) is 20.3. The van der Waals surface area contributed by atoms with Gasteiger partial charge in [0.2, 0.25) is 11.8 Å². The van der Waals surface area contributed by atoms with Crippen LogP contribution in [0.15, 0.2) is 42.5 Å². The molecular weight excluding hydrogens is 350 g/mol. The number of halogens is 2. The van der Waals surface area contributed by atoms with E-state index in [0.29, 0.717) is 0 Å². The van der Waals surface area contributed by atoms with Gasteiger partial charge in [0.05, 0.1) is 0 Å². The number of benzene rings is 2. The monoisotopic (exact) mass is 372 g/mol. The second-order valence-corrected chi connectivity index (χ2v) is 6.19. The molecule has 0 aliphatic heterocycles. The summed E-state index contributed by atoms with van der Waals surface area (Å²) in [5.74, 6) is -2.77. The summed E-state index contributed by atoms with van der Waals surface area (Å²) in [5.41, 5.74) is 2.55. The summed E-state index contributed by atoms with van der Waals surface area (Å²) in [4.78, 5) is 25.7. The van der Waals surface area contributed by atoms with Crippen LogP contribution in [0, 0.1) is 25.5 Å². The average molecular weight is 372 g/mol. The first-order valence-corrected chi connectivity index (χ1v) is 8.60. The topological polar surface area (TPSA) is 49.4 Å². The van der Waals surface area contributed by atoms with E-state index in [1.807, 2.05) is 32.0 Å². The third-order valence-electron chi connectivity index (χ3n) is 4.09. The molecule has 0 radical (unpaired) electrons. The van der Waals surface area contributed by atoms with Gasteiger partial charge in [-0.05, 0) is 50.1 Å². The molecule has 0 aromatic heterocycles. The number of likely N-dealkylation sites (N-methyl/N-ethyl adjacent to an activating group) is 1. The van der Waals surface area contributed by atoms with Gasteiger partial charge in [0.15, 0.2) is 0 Å². The fourth-order valence-electron chi connectivity index (χ4n) is 2.59. The van der Waals surface area contributed by atoms with Crippen molar-refractivity contribution in [3.8, 4) is 0 Å². The zero-order valence-electron chi connectivity index (χ0n) is 15.6. The van der Waals surface area contributed by atoms with Crippen LogP contribution in [0.3, 0.4) is 0 Å². The molecule has 0 aliphatic carbocycles. The molecule has 2 amide bonds. The lowest BCUT2D eigenvalue weighted by atomic mass is 10.1. The van der Waals surface area contributed by atoms with Crippen LogP contribution in [0.5, 0.6) is 0 Å². The number of amides is 2. The van der Waals surface area contributed by atoms with Gasteiger partial charge in [0.25, 0.3) is 0 Å². The Balaban J connectivity index is 2.04. The van der Waals surface area contributed by atoms with Gasteiger partial charge in [-0.3, -0.25) is 9.59 Å². The summed E-state index contributed by atoms with van der Waals surface area (Å²) < 4.78 is 27.2. The summed E-state index contributed by atoms with van der Waals surface area (Å²) in [6.07, 6.45) is 3.08. The molecule has 2 aromatic rings. The predicted molar refractivity (Wildman–Crippen MR) is 102 cm³/mol. The molecule has 0 saturated carbocycles. The lowest BCUT2D eigenvalue weighted by molar-refractivity contribution is -0.130. The van der Waals surface area contributed by atoms with Gasteiger partial charge < -0.3 is 10.2 Å². The van der Waals surface area contributed by atoms with E-state index in [9.17, 15) is 18.4 Å². The maximum absolute atomic E-state index is 13.6. The van der Waals surface area contributed by atoms with Crippen LogP contribution in [0.2, 0.25) is 0 Å². The number of hydrogen-bond donors (Lipinski definition) is 1. The molecule has 0 bridgehead atoms. The molecule has 4 nitrogen and oxygen atoms in total. The molecule has 0 heterocycles. The highest BCUT2D eigenvalue weighted by molar-refractivity contribution is 5.98. The number of aryl methyl sites for hydroxylation is 2. The quantitative estimate of drug-likeness (QED) is 0.777. The summed E-state index contributed by atoms with van der Waals surface area (Å²) in [6, 6.07) is 9.18. The third-order valence-corrected chi connectivity index (χ3v) is 4.09.